The van der Waals surface area contributed by atoms with Crippen molar-refractivity contribution in [3.05, 3.63) is 40.9 Å². The van der Waals surface area contributed by atoms with Gasteiger partial charge in [-0.3, -0.25) is 4.79 Å². The summed E-state index contributed by atoms with van der Waals surface area (Å²) in [6.07, 6.45) is -0.548. The minimum Gasteiger partial charge on any atom is -0.550 e. The Hall–Kier alpha value is -2.02. The first kappa shape index (κ1) is 16.8. The van der Waals surface area contributed by atoms with E-state index >= 15 is 0 Å². The Morgan fingerprint density at radius 2 is 1.79 bits per heavy atom. The highest BCUT2D eigenvalue weighted by atomic mass is 35.5. The number of carboxylic acid groups (broad SMARTS) is 1. The van der Waals surface area contributed by atoms with Crippen LogP contribution in [0.5, 0.6) is 0 Å². The van der Waals surface area contributed by atoms with Gasteiger partial charge in [0, 0.05) is 11.9 Å². The third-order valence-corrected chi connectivity index (χ3v) is 4.92. The zero-order chi connectivity index (χ0) is 17.6. The standard InChI is InChI=1S/C16H13ClF3NO3/c17-10-4-3-9(16(18,19)20)6-11(10)21-14(22)12-7-1-2-8(5-7)13(12)15(23)24/h1-4,6-8,12-13H,5H2,(H,21,22)(H,23,24)/p-1/t7-,8+,12-,13+/m1/s1. The molecule has 1 saturated carbocycles. The van der Waals surface area contributed by atoms with Crippen molar-refractivity contribution in [2.24, 2.45) is 23.7 Å². The highest BCUT2D eigenvalue weighted by molar-refractivity contribution is 6.33. The topological polar surface area (TPSA) is 69.2 Å². The van der Waals surface area contributed by atoms with E-state index in [1.165, 1.54) is 0 Å². The Kier molecular flexibility index (Phi) is 4.07. The highest BCUT2D eigenvalue weighted by Crippen LogP contribution is 2.48. The minimum absolute atomic E-state index is 0.0555. The van der Waals surface area contributed by atoms with Gasteiger partial charge in [0.05, 0.1) is 22.2 Å². The van der Waals surface area contributed by atoms with E-state index in [0.717, 1.165) is 18.2 Å². The fourth-order valence-electron chi connectivity index (χ4n) is 3.51. The van der Waals surface area contributed by atoms with Crippen LogP contribution in [0.2, 0.25) is 5.02 Å². The Morgan fingerprint density at radius 1 is 1.17 bits per heavy atom. The number of hydrogen-bond donors (Lipinski definition) is 1. The summed E-state index contributed by atoms with van der Waals surface area (Å²) in [7, 11) is 0. The van der Waals surface area contributed by atoms with Gasteiger partial charge in [0.2, 0.25) is 5.91 Å². The Balaban J connectivity index is 1.85. The molecule has 2 aliphatic rings. The van der Waals surface area contributed by atoms with Crippen molar-refractivity contribution >= 4 is 29.2 Å². The van der Waals surface area contributed by atoms with E-state index in [-0.39, 0.29) is 22.5 Å². The van der Waals surface area contributed by atoms with Gasteiger partial charge in [-0.15, -0.1) is 0 Å². The maximum atomic E-state index is 12.8. The Labute approximate surface area is 140 Å². The maximum Gasteiger partial charge on any atom is 0.416 e. The van der Waals surface area contributed by atoms with Crippen LogP contribution in [0.25, 0.3) is 0 Å². The molecule has 2 bridgehead atoms. The van der Waals surface area contributed by atoms with Crippen LogP contribution in [0.4, 0.5) is 18.9 Å². The molecule has 4 atom stereocenters. The summed E-state index contributed by atoms with van der Waals surface area (Å²) in [6, 6.07) is 2.58. The average molecular weight is 359 g/mol. The van der Waals surface area contributed by atoms with E-state index in [9.17, 15) is 27.9 Å². The van der Waals surface area contributed by atoms with Crippen molar-refractivity contribution in [3.63, 3.8) is 0 Å². The molecule has 1 aromatic rings. The monoisotopic (exact) mass is 358 g/mol. The molecule has 24 heavy (non-hydrogen) atoms. The molecule has 1 amide bonds. The van der Waals surface area contributed by atoms with E-state index in [2.05, 4.69) is 5.32 Å². The molecule has 0 unspecified atom stereocenters. The molecule has 0 aliphatic heterocycles. The number of carbonyl (C=O) groups excluding carboxylic acids is 2. The van der Waals surface area contributed by atoms with Crippen molar-refractivity contribution in [3.8, 4) is 0 Å². The second-order valence-corrected chi connectivity index (χ2v) is 6.41. The van der Waals surface area contributed by atoms with Gasteiger partial charge in [0.25, 0.3) is 0 Å². The SMILES string of the molecule is O=C([O-])[C@@H]1[C@H](C(=O)Nc2cc(C(F)(F)F)ccc2Cl)[C@@H]2C=C[C@H]1C2. The van der Waals surface area contributed by atoms with Gasteiger partial charge >= 0.3 is 6.18 Å². The molecule has 4 nitrogen and oxygen atoms in total. The van der Waals surface area contributed by atoms with E-state index < -0.39 is 35.5 Å². The molecule has 1 aromatic carbocycles. The van der Waals surface area contributed by atoms with E-state index in [1.54, 1.807) is 12.2 Å². The number of aliphatic carboxylic acids is 1. The lowest BCUT2D eigenvalue weighted by Gasteiger charge is -2.28. The normalized spacial score (nSPS) is 28.2. The van der Waals surface area contributed by atoms with Crippen molar-refractivity contribution in [2.75, 3.05) is 5.32 Å². The number of halogens is 4. The van der Waals surface area contributed by atoms with Gasteiger partial charge < -0.3 is 15.2 Å². The number of anilines is 1. The molecule has 128 valence electrons. The van der Waals surface area contributed by atoms with E-state index in [0.29, 0.717) is 6.42 Å². The van der Waals surface area contributed by atoms with Crippen molar-refractivity contribution in [2.45, 2.75) is 12.6 Å². The summed E-state index contributed by atoms with van der Waals surface area (Å²) in [6.45, 7) is 0. The summed E-state index contributed by atoms with van der Waals surface area (Å²) in [5, 5.41) is 13.6. The molecule has 2 aliphatic carbocycles. The van der Waals surface area contributed by atoms with Crippen LogP contribution >= 0.6 is 11.6 Å². The molecule has 0 spiro atoms. The molecule has 0 aromatic heterocycles. The fraction of sp³-hybridized carbons (Fsp3) is 0.375. The number of carboxylic acids is 1. The van der Waals surface area contributed by atoms with Crippen molar-refractivity contribution < 1.29 is 27.9 Å². The number of hydrogen-bond acceptors (Lipinski definition) is 3. The molecular weight excluding hydrogens is 347 g/mol. The van der Waals surface area contributed by atoms with Crippen LogP contribution in [0.3, 0.4) is 0 Å². The first-order chi connectivity index (χ1) is 11.2. The minimum atomic E-state index is -4.58. The Bertz CT molecular complexity index is 732. The van der Waals surface area contributed by atoms with Gasteiger partial charge in [-0.25, -0.2) is 0 Å². The smallest absolute Gasteiger partial charge is 0.416 e. The highest BCUT2D eigenvalue weighted by Gasteiger charge is 2.48. The van der Waals surface area contributed by atoms with Gasteiger partial charge in [-0.2, -0.15) is 13.2 Å². The summed E-state index contributed by atoms with van der Waals surface area (Å²) < 4.78 is 38.3. The van der Waals surface area contributed by atoms with Crippen LogP contribution in [-0.4, -0.2) is 11.9 Å². The molecule has 1 N–H and O–H groups in total. The molecule has 0 heterocycles. The number of nitrogens with one attached hydrogen (secondary N) is 1. The lowest BCUT2D eigenvalue weighted by Crippen LogP contribution is -2.42. The first-order valence-electron chi connectivity index (χ1n) is 7.25. The number of benzene rings is 1. The van der Waals surface area contributed by atoms with Crippen LogP contribution < -0.4 is 10.4 Å². The van der Waals surface area contributed by atoms with E-state index in [1.807, 2.05) is 0 Å². The van der Waals surface area contributed by atoms with Gasteiger partial charge in [0.1, 0.15) is 0 Å². The largest absolute Gasteiger partial charge is 0.550 e. The quantitative estimate of drug-likeness (QED) is 0.844. The average Bonchev–Trinajstić information content (AvgIpc) is 3.08. The predicted octanol–water partition coefficient (Wildman–Crippen LogP) is 2.49. The summed E-state index contributed by atoms with van der Waals surface area (Å²) in [4.78, 5) is 23.8. The number of amides is 1. The van der Waals surface area contributed by atoms with Gasteiger partial charge in [-0.05, 0) is 36.5 Å². The second-order valence-electron chi connectivity index (χ2n) is 6.00. The molecular formula is C16H12ClF3NO3-. The zero-order valence-electron chi connectivity index (χ0n) is 12.1. The summed E-state index contributed by atoms with van der Waals surface area (Å²) in [5.74, 6) is -4.40. The predicted molar refractivity (Wildman–Crippen MR) is 77.8 cm³/mol. The van der Waals surface area contributed by atoms with Gasteiger partial charge in [0.15, 0.2) is 0 Å². The van der Waals surface area contributed by atoms with Crippen molar-refractivity contribution in [1.82, 2.24) is 0 Å². The third kappa shape index (κ3) is 2.88. The molecule has 1 fully saturated rings. The van der Waals surface area contributed by atoms with Crippen LogP contribution in [0.15, 0.2) is 30.4 Å². The zero-order valence-corrected chi connectivity index (χ0v) is 12.9. The number of alkyl halides is 3. The molecule has 0 radical (unpaired) electrons. The first-order valence-corrected chi connectivity index (χ1v) is 7.63. The van der Waals surface area contributed by atoms with Crippen LogP contribution in [-0.2, 0) is 15.8 Å². The molecule has 8 heteroatoms. The number of fused-ring (bicyclic) bond motifs is 2. The van der Waals surface area contributed by atoms with Crippen LogP contribution in [0.1, 0.15) is 12.0 Å². The lowest BCUT2D eigenvalue weighted by molar-refractivity contribution is -0.313. The third-order valence-electron chi connectivity index (χ3n) is 4.59. The molecule has 0 saturated heterocycles. The molecule has 3 rings (SSSR count). The van der Waals surface area contributed by atoms with Crippen LogP contribution in [0, 0.1) is 23.7 Å². The van der Waals surface area contributed by atoms with Crippen molar-refractivity contribution in [1.29, 1.82) is 0 Å². The maximum absolute atomic E-state index is 12.8. The number of carbonyl (C=O) groups is 2. The lowest BCUT2D eigenvalue weighted by atomic mass is 9.82. The second kappa shape index (κ2) is 5.81. The van der Waals surface area contributed by atoms with E-state index in [4.69, 9.17) is 11.6 Å². The number of allylic oxidation sites excluding steroid dienone is 2. The summed E-state index contributed by atoms with van der Waals surface area (Å²) in [5.41, 5.74) is -1.15. The summed E-state index contributed by atoms with van der Waals surface area (Å²) >= 11 is 5.85. The van der Waals surface area contributed by atoms with Gasteiger partial charge in [-0.1, -0.05) is 23.8 Å². The number of rotatable bonds is 3. The Morgan fingerprint density at radius 3 is 2.38 bits per heavy atom. The fourth-order valence-corrected chi connectivity index (χ4v) is 3.68.